The maximum Gasteiger partial charge on any atom is 0.157 e. The lowest BCUT2D eigenvalue weighted by Gasteiger charge is -2.23. The van der Waals surface area contributed by atoms with E-state index < -0.39 is 14.2 Å². The van der Waals surface area contributed by atoms with Crippen molar-refractivity contribution in [2.45, 2.75) is 77.0 Å². The molecule has 116 valence electrons. The smallest absolute Gasteiger partial charge is 0.157 e. The Balaban J connectivity index is 2.30. The van der Waals surface area contributed by atoms with Crippen LogP contribution in [0, 0.1) is 11.5 Å². The van der Waals surface area contributed by atoms with Gasteiger partial charge in [0, 0.05) is 13.0 Å². The second-order valence-corrected chi connectivity index (χ2v) is 10.6. The van der Waals surface area contributed by atoms with Gasteiger partial charge in [-0.25, -0.2) is 0 Å². The van der Waals surface area contributed by atoms with E-state index in [2.05, 4.69) is 32.2 Å². The molecular formula is C16H30O3Si. The molecule has 0 radical (unpaired) electrons. The molecule has 0 aromatic rings. The van der Waals surface area contributed by atoms with Crippen molar-refractivity contribution in [2.24, 2.45) is 0 Å². The zero-order chi connectivity index (χ0) is 14.8. The molecule has 1 rings (SSSR count). The average molecular weight is 298 g/mol. The summed E-state index contributed by atoms with van der Waals surface area (Å²) in [6.45, 7) is 7.84. The summed E-state index contributed by atoms with van der Waals surface area (Å²) in [5.41, 5.74) is 3.49. The monoisotopic (exact) mass is 298 g/mol. The first kappa shape index (κ1) is 17.7. The highest BCUT2D eigenvalue weighted by Gasteiger charge is 2.24. The van der Waals surface area contributed by atoms with Crippen LogP contribution >= 0.6 is 0 Å². The van der Waals surface area contributed by atoms with Gasteiger partial charge in [0.1, 0.15) is 8.07 Å². The van der Waals surface area contributed by atoms with E-state index in [1.54, 1.807) is 0 Å². The Hall–Kier alpha value is -0.343. The zero-order valence-corrected chi connectivity index (χ0v) is 14.3. The van der Waals surface area contributed by atoms with Gasteiger partial charge in [0.2, 0.25) is 0 Å². The zero-order valence-electron chi connectivity index (χ0n) is 13.3. The summed E-state index contributed by atoms with van der Waals surface area (Å²) in [5, 5.41) is 9.93. The SMILES string of the molecule is CC[Si](C#CC[C@H](O)COC1CCCCO1)(CC)CC. The van der Waals surface area contributed by atoms with Crippen LogP contribution in [-0.4, -0.2) is 38.8 Å². The second-order valence-electron chi connectivity index (χ2n) is 5.63. The molecule has 1 aliphatic heterocycles. The third-order valence-electron chi connectivity index (χ3n) is 4.33. The number of hydrogen-bond donors (Lipinski definition) is 1. The first-order valence-corrected chi connectivity index (χ1v) is 10.7. The molecule has 0 aromatic carbocycles. The molecule has 1 saturated heterocycles. The van der Waals surface area contributed by atoms with E-state index >= 15 is 0 Å². The Bertz CT molecular complexity index is 303. The van der Waals surface area contributed by atoms with Gasteiger partial charge in [0.25, 0.3) is 0 Å². The van der Waals surface area contributed by atoms with Crippen molar-refractivity contribution < 1.29 is 14.6 Å². The van der Waals surface area contributed by atoms with Crippen LogP contribution in [0.15, 0.2) is 0 Å². The van der Waals surface area contributed by atoms with Crippen molar-refractivity contribution in [3.05, 3.63) is 0 Å². The van der Waals surface area contributed by atoms with Gasteiger partial charge in [-0.1, -0.05) is 20.8 Å². The third kappa shape index (κ3) is 5.97. The maximum atomic E-state index is 9.93. The predicted molar refractivity (Wildman–Crippen MR) is 85.1 cm³/mol. The largest absolute Gasteiger partial charge is 0.390 e. The topological polar surface area (TPSA) is 38.7 Å². The van der Waals surface area contributed by atoms with E-state index in [9.17, 15) is 5.11 Å². The van der Waals surface area contributed by atoms with Gasteiger partial charge in [-0.05, 0) is 37.4 Å². The van der Waals surface area contributed by atoms with Gasteiger partial charge in [0.05, 0.1) is 12.7 Å². The summed E-state index contributed by atoms with van der Waals surface area (Å²) >= 11 is 0. The van der Waals surface area contributed by atoms with Crippen molar-refractivity contribution in [3.8, 4) is 11.5 Å². The first-order chi connectivity index (χ1) is 9.65. The Morgan fingerprint density at radius 3 is 2.50 bits per heavy atom. The molecule has 0 aliphatic carbocycles. The van der Waals surface area contributed by atoms with Crippen LogP contribution in [0.5, 0.6) is 0 Å². The highest BCUT2D eigenvalue weighted by atomic mass is 28.3. The lowest BCUT2D eigenvalue weighted by Crippen LogP contribution is -2.29. The van der Waals surface area contributed by atoms with E-state index in [-0.39, 0.29) is 6.29 Å². The maximum absolute atomic E-state index is 9.93. The van der Waals surface area contributed by atoms with Crippen molar-refractivity contribution in [1.82, 2.24) is 0 Å². The van der Waals surface area contributed by atoms with Gasteiger partial charge >= 0.3 is 0 Å². The van der Waals surface area contributed by atoms with Crippen LogP contribution < -0.4 is 0 Å². The molecule has 4 heteroatoms. The highest BCUT2D eigenvalue weighted by molar-refractivity contribution is 6.87. The summed E-state index contributed by atoms with van der Waals surface area (Å²) in [5.74, 6) is 3.21. The van der Waals surface area contributed by atoms with E-state index in [0.29, 0.717) is 13.0 Å². The van der Waals surface area contributed by atoms with E-state index in [1.165, 1.54) is 18.1 Å². The molecule has 1 fully saturated rings. The highest BCUT2D eigenvalue weighted by Crippen LogP contribution is 2.19. The fourth-order valence-corrected chi connectivity index (χ4v) is 5.00. The quantitative estimate of drug-likeness (QED) is 0.579. The molecular weight excluding hydrogens is 268 g/mol. The molecule has 0 amide bonds. The molecule has 1 heterocycles. The summed E-state index contributed by atoms with van der Waals surface area (Å²) in [4.78, 5) is 0. The van der Waals surface area contributed by atoms with Crippen LogP contribution in [0.25, 0.3) is 0 Å². The van der Waals surface area contributed by atoms with E-state index in [1.807, 2.05) is 0 Å². The number of hydrogen-bond acceptors (Lipinski definition) is 3. The molecule has 1 unspecified atom stereocenters. The Morgan fingerprint density at radius 1 is 1.25 bits per heavy atom. The molecule has 3 nitrogen and oxygen atoms in total. The Morgan fingerprint density at radius 2 is 1.95 bits per heavy atom. The first-order valence-electron chi connectivity index (χ1n) is 8.07. The molecule has 0 aromatic heterocycles. The molecule has 0 spiro atoms. The van der Waals surface area contributed by atoms with Gasteiger partial charge < -0.3 is 14.6 Å². The van der Waals surface area contributed by atoms with Crippen LogP contribution in [0.1, 0.15) is 46.5 Å². The number of aliphatic hydroxyl groups excluding tert-OH is 1. The lowest BCUT2D eigenvalue weighted by atomic mass is 10.2. The van der Waals surface area contributed by atoms with Crippen LogP contribution in [-0.2, 0) is 9.47 Å². The molecule has 2 atom stereocenters. The summed E-state index contributed by atoms with van der Waals surface area (Å²) in [7, 11) is -1.38. The molecule has 0 bridgehead atoms. The van der Waals surface area contributed by atoms with Crippen LogP contribution in [0.3, 0.4) is 0 Å². The fraction of sp³-hybridized carbons (Fsp3) is 0.875. The standard InChI is InChI=1S/C16H30O3Si/c1-4-20(5-2,6-3)13-9-10-15(17)14-19-16-11-7-8-12-18-16/h15-17H,4-8,10-12,14H2,1-3H3/t15-,16?/m0/s1. The molecule has 1 aliphatic rings. The minimum Gasteiger partial charge on any atom is -0.390 e. The minimum absolute atomic E-state index is 0.123. The van der Waals surface area contributed by atoms with E-state index in [4.69, 9.17) is 9.47 Å². The number of rotatable bonds is 7. The Kier molecular flexibility index (Phi) is 8.47. The fourth-order valence-electron chi connectivity index (χ4n) is 2.49. The lowest BCUT2D eigenvalue weighted by molar-refractivity contribution is -0.174. The van der Waals surface area contributed by atoms with Gasteiger partial charge in [0.15, 0.2) is 6.29 Å². The Labute approximate surface area is 125 Å². The predicted octanol–water partition coefficient (Wildman–Crippen LogP) is 3.33. The van der Waals surface area contributed by atoms with Gasteiger partial charge in [-0.2, -0.15) is 0 Å². The van der Waals surface area contributed by atoms with Crippen molar-refractivity contribution in [3.63, 3.8) is 0 Å². The normalized spacial score (nSPS) is 21.1. The van der Waals surface area contributed by atoms with Crippen molar-refractivity contribution in [2.75, 3.05) is 13.2 Å². The third-order valence-corrected chi connectivity index (χ3v) is 9.10. The summed E-state index contributed by atoms with van der Waals surface area (Å²) < 4.78 is 11.1. The number of ether oxygens (including phenoxy) is 2. The van der Waals surface area contributed by atoms with E-state index in [0.717, 1.165) is 25.9 Å². The van der Waals surface area contributed by atoms with Gasteiger partial charge in [-0.3, -0.25) is 0 Å². The number of aliphatic hydroxyl groups is 1. The average Bonchev–Trinajstić information content (AvgIpc) is 2.51. The molecule has 0 saturated carbocycles. The molecule has 1 N–H and O–H groups in total. The van der Waals surface area contributed by atoms with Gasteiger partial charge in [-0.15, -0.1) is 11.5 Å². The second kappa shape index (κ2) is 9.57. The van der Waals surface area contributed by atoms with Crippen molar-refractivity contribution >= 4 is 8.07 Å². The summed E-state index contributed by atoms with van der Waals surface area (Å²) in [6, 6.07) is 3.61. The minimum atomic E-state index is -1.38. The van der Waals surface area contributed by atoms with Crippen LogP contribution in [0.4, 0.5) is 0 Å². The van der Waals surface area contributed by atoms with Crippen molar-refractivity contribution in [1.29, 1.82) is 0 Å². The van der Waals surface area contributed by atoms with Crippen LogP contribution in [0.2, 0.25) is 18.1 Å². The molecule has 20 heavy (non-hydrogen) atoms. The summed E-state index contributed by atoms with van der Waals surface area (Å²) in [6.07, 6.45) is 3.10.